The van der Waals surface area contributed by atoms with Crippen LogP contribution in [0.25, 0.3) is 0 Å². The molecule has 0 aromatic carbocycles. The van der Waals surface area contributed by atoms with E-state index in [4.69, 9.17) is 19.7 Å². The van der Waals surface area contributed by atoms with E-state index >= 15 is 0 Å². The Balaban J connectivity index is -0.000000125. The van der Waals surface area contributed by atoms with E-state index in [1.54, 1.807) is 0 Å². The van der Waals surface area contributed by atoms with Gasteiger partial charge < -0.3 is 37.5 Å². The van der Waals surface area contributed by atoms with Gasteiger partial charge in [-0.15, -0.1) is 0 Å². The van der Waals surface area contributed by atoms with Crippen LogP contribution in [-0.4, -0.2) is 0 Å². The van der Waals surface area contributed by atoms with Gasteiger partial charge in [-0.3, -0.25) is 0 Å². The van der Waals surface area contributed by atoms with Gasteiger partial charge in [0.15, 0.2) is 0 Å². The average Bonchev–Trinajstić information content (AvgIpc) is 1.65. The average molecular weight is 255 g/mol. The van der Waals surface area contributed by atoms with Crippen molar-refractivity contribution in [2.24, 2.45) is 0 Å². The number of hydrogen-bond acceptors (Lipinski definition) is 0. The molecule has 0 saturated heterocycles. The molecule has 0 unspecified atom stereocenters. The third-order valence-corrected chi connectivity index (χ3v) is 0.385. The third kappa shape index (κ3) is 10.4. The fourth-order valence-electron chi connectivity index (χ4n) is 0.0556. The van der Waals surface area contributed by atoms with E-state index in [1.807, 2.05) is 0 Å². The summed E-state index contributed by atoms with van der Waals surface area (Å²) in [6.07, 6.45) is 2.47. The van der Waals surface area contributed by atoms with Crippen LogP contribution in [0, 0.1) is 19.7 Å². The minimum Gasteiger partial charge on any atom is -0.373 e. The van der Waals surface area contributed by atoms with Gasteiger partial charge in [0.25, 0.3) is 0 Å². The maximum atomic E-state index is 5.03. The first kappa shape index (κ1) is 16.2. The van der Waals surface area contributed by atoms with Gasteiger partial charge in [-0.1, -0.05) is 0 Å². The van der Waals surface area contributed by atoms with Crippen LogP contribution in [0.15, 0.2) is 17.7 Å². The van der Waals surface area contributed by atoms with Crippen molar-refractivity contribution >= 4 is 0 Å². The fraction of sp³-hybridized carbons (Fsp3) is 0. The SMILES string of the molecule is [CH-]=CC(=[CH-])C=[CH-].[Y].[Y]. The van der Waals surface area contributed by atoms with Crippen molar-refractivity contribution in [1.29, 1.82) is 0 Å². The Morgan fingerprint density at radius 1 is 1.00 bits per heavy atom. The van der Waals surface area contributed by atoms with E-state index in [1.165, 1.54) is 12.2 Å². The van der Waals surface area contributed by atoms with Gasteiger partial charge in [-0.05, 0) is 0 Å². The van der Waals surface area contributed by atoms with Gasteiger partial charge in [0.05, 0.1) is 0 Å². The van der Waals surface area contributed by atoms with E-state index in [0.717, 1.165) is 0 Å². The van der Waals surface area contributed by atoms with Gasteiger partial charge >= 0.3 is 0 Å². The molecule has 0 heterocycles. The smallest absolute Gasteiger partial charge is 0 e. The molecule has 38 valence electrons. The van der Waals surface area contributed by atoms with Crippen molar-refractivity contribution in [3.8, 4) is 0 Å². The molecule has 0 bridgehead atoms. The van der Waals surface area contributed by atoms with Crippen LogP contribution in [0.5, 0.6) is 0 Å². The monoisotopic (exact) mass is 255 g/mol. The van der Waals surface area contributed by atoms with Crippen molar-refractivity contribution in [2.75, 3.05) is 0 Å². The molecule has 0 N–H and O–H groups in total. The summed E-state index contributed by atoms with van der Waals surface area (Å²) in [6.45, 7) is 14.8. The van der Waals surface area contributed by atoms with Crippen molar-refractivity contribution in [3.63, 3.8) is 0 Å². The molecule has 0 aliphatic heterocycles. The van der Waals surface area contributed by atoms with Crippen LogP contribution in [0.3, 0.4) is 0 Å². The van der Waals surface area contributed by atoms with E-state index in [9.17, 15) is 0 Å². The van der Waals surface area contributed by atoms with Crippen molar-refractivity contribution in [1.82, 2.24) is 0 Å². The zero-order valence-electron chi connectivity index (χ0n) is 4.54. The quantitative estimate of drug-likeness (QED) is 0.515. The first-order valence-electron chi connectivity index (χ1n) is 1.53. The number of rotatable bonds is 2. The van der Waals surface area contributed by atoms with Crippen molar-refractivity contribution in [3.05, 3.63) is 37.5 Å². The Hall–Kier alpha value is 1.43. The van der Waals surface area contributed by atoms with Gasteiger partial charge in [-0.2, -0.15) is 0 Å². The predicted molar refractivity (Wildman–Crippen MR) is 25.6 cm³/mol. The summed E-state index contributed by atoms with van der Waals surface area (Å²) in [6, 6.07) is 0. The molecule has 0 aromatic heterocycles. The summed E-state index contributed by atoms with van der Waals surface area (Å²) < 4.78 is 0. The summed E-state index contributed by atoms with van der Waals surface area (Å²) in [7, 11) is 0. The Morgan fingerprint density at radius 3 is 1.25 bits per heavy atom. The predicted octanol–water partition coefficient (Wildman–Crippen LogP) is 1.32. The van der Waals surface area contributed by atoms with Crippen LogP contribution >= 0.6 is 0 Å². The Kier molecular flexibility index (Phi) is 22.8. The first-order chi connectivity index (χ1) is 2.81. The van der Waals surface area contributed by atoms with Gasteiger partial charge in [0, 0.05) is 65.4 Å². The molecule has 2 radical (unpaired) electrons. The standard InChI is InChI=1S/C6H5.2Y/c1-4-6(3)5-2;;/h1-5H;;/q-3;;. The Bertz CT molecular complexity index is 74.5. The summed E-state index contributed by atoms with van der Waals surface area (Å²) in [4.78, 5) is 0. The zero-order chi connectivity index (χ0) is 4.99. The topological polar surface area (TPSA) is 0 Å². The molecular formula is C6H5Y2-3. The summed E-state index contributed by atoms with van der Waals surface area (Å²) >= 11 is 0. The minimum absolute atomic E-state index is 0. The Labute approximate surface area is 101 Å². The second kappa shape index (κ2) is 11.3. The van der Waals surface area contributed by atoms with Gasteiger partial charge in [0.1, 0.15) is 0 Å². The molecule has 0 spiro atoms. The summed E-state index contributed by atoms with van der Waals surface area (Å²) in [5, 5.41) is 0. The van der Waals surface area contributed by atoms with Gasteiger partial charge in [0.2, 0.25) is 0 Å². The molecular weight excluding hydrogens is 250 g/mol. The molecule has 0 rings (SSSR count). The third-order valence-electron chi connectivity index (χ3n) is 0.385. The molecule has 0 atom stereocenters. The molecule has 0 amide bonds. The van der Waals surface area contributed by atoms with E-state index in [2.05, 4.69) is 0 Å². The van der Waals surface area contributed by atoms with Crippen molar-refractivity contribution < 1.29 is 65.4 Å². The van der Waals surface area contributed by atoms with E-state index in [0.29, 0.717) is 5.57 Å². The number of hydrogen-bond donors (Lipinski definition) is 0. The summed E-state index contributed by atoms with van der Waals surface area (Å²) in [5.74, 6) is 0. The Morgan fingerprint density at radius 2 is 1.25 bits per heavy atom. The van der Waals surface area contributed by atoms with Crippen LogP contribution in [0.4, 0.5) is 0 Å². The minimum atomic E-state index is 0. The molecule has 0 aromatic rings. The van der Waals surface area contributed by atoms with Gasteiger partial charge in [-0.25, -0.2) is 0 Å². The van der Waals surface area contributed by atoms with Crippen LogP contribution in [0.1, 0.15) is 0 Å². The molecule has 0 aliphatic rings. The molecule has 2 heteroatoms. The largest absolute Gasteiger partial charge is 0.373 e. The summed E-state index contributed by atoms with van der Waals surface area (Å²) in [5.41, 5.74) is 0.398. The molecule has 0 nitrogen and oxygen atoms in total. The normalized spacial score (nSPS) is 5.00. The molecule has 0 aliphatic carbocycles. The maximum Gasteiger partial charge on any atom is 0 e. The maximum absolute atomic E-state index is 5.03. The van der Waals surface area contributed by atoms with Crippen LogP contribution in [-0.2, 0) is 65.4 Å². The van der Waals surface area contributed by atoms with E-state index in [-0.39, 0.29) is 65.4 Å². The zero-order valence-corrected chi connectivity index (χ0v) is 10.2. The second-order valence-electron chi connectivity index (χ2n) is 0.833. The fourth-order valence-corrected chi connectivity index (χ4v) is 0.0556. The molecule has 8 heavy (non-hydrogen) atoms. The van der Waals surface area contributed by atoms with Crippen LogP contribution in [0.2, 0.25) is 0 Å². The second-order valence-corrected chi connectivity index (χ2v) is 0.833. The van der Waals surface area contributed by atoms with Crippen LogP contribution < -0.4 is 0 Å². The van der Waals surface area contributed by atoms with E-state index < -0.39 is 0 Å². The molecule has 0 fully saturated rings. The molecule has 0 saturated carbocycles. The number of allylic oxidation sites excluding steroid dienone is 3. The first-order valence-corrected chi connectivity index (χ1v) is 1.53. The van der Waals surface area contributed by atoms with Crippen molar-refractivity contribution in [2.45, 2.75) is 0 Å².